The Hall–Kier alpha value is -0.120. The van der Waals surface area contributed by atoms with Gasteiger partial charge in [0, 0.05) is 44.3 Å². The van der Waals surface area contributed by atoms with Crippen molar-refractivity contribution in [1.29, 1.82) is 0 Å². The molecule has 0 radical (unpaired) electrons. The predicted octanol–water partition coefficient (Wildman–Crippen LogP) is 1.92. The van der Waals surface area contributed by atoms with Crippen LogP contribution in [0.1, 0.15) is 46.0 Å². The first-order valence-corrected chi connectivity index (χ1v) is 8.34. The van der Waals surface area contributed by atoms with Crippen LogP contribution in [0, 0.1) is 11.8 Å². The van der Waals surface area contributed by atoms with E-state index in [0.717, 1.165) is 24.4 Å². The Morgan fingerprint density at radius 1 is 1.00 bits per heavy atom. The molecule has 2 saturated carbocycles. The molecule has 3 unspecified atom stereocenters. The van der Waals surface area contributed by atoms with E-state index in [1.807, 2.05) is 0 Å². The number of nitrogens with zero attached hydrogens (tertiary/aromatic N) is 2. The van der Waals surface area contributed by atoms with Crippen LogP contribution < -0.4 is 5.73 Å². The van der Waals surface area contributed by atoms with Crippen LogP contribution in [0.15, 0.2) is 0 Å². The van der Waals surface area contributed by atoms with E-state index in [-0.39, 0.29) is 0 Å². The van der Waals surface area contributed by atoms with Crippen molar-refractivity contribution >= 4 is 0 Å². The second-order valence-corrected chi connectivity index (χ2v) is 7.38. The highest BCUT2D eigenvalue weighted by Gasteiger charge is 2.43. The van der Waals surface area contributed by atoms with Gasteiger partial charge in [-0.05, 0) is 43.9 Å². The minimum Gasteiger partial charge on any atom is -0.329 e. The summed E-state index contributed by atoms with van der Waals surface area (Å²) >= 11 is 0. The number of rotatable bonds is 3. The van der Waals surface area contributed by atoms with Crippen molar-refractivity contribution < 1.29 is 0 Å². The van der Waals surface area contributed by atoms with Crippen molar-refractivity contribution in [2.75, 3.05) is 32.7 Å². The van der Waals surface area contributed by atoms with E-state index < -0.39 is 0 Å². The first kappa shape index (κ1) is 13.8. The monoisotopic (exact) mass is 265 g/mol. The van der Waals surface area contributed by atoms with Gasteiger partial charge in [-0.25, -0.2) is 0 Å². The lowest BCUT2D eigenvalue weighted by molar-refractivity contribution is -0.0124. The summed E-state index contributed by atoms with van der Waals surface area (Å²) in [6, 6.07) is 0.932. The molecule has 0 aromatic heterocycles. The lowest BCUT2D eigenvalue weighted by Gasteiger charge is -2.52. The highest BCUT2D eigenvalue weighted by atomic mass is 15.3. The van der Waals surface area contributed by atoms with Gasteiger partial charge >= 0.3 is 0 Å². The number of piperazine rings is 1. The van der Waals surface area contributed by atoms with Crippen LogP contribution in [0.4, 0.5) is 0 Å². The molecule has 2 N–H and O–H groups in total. The van der Waals surface area contributed by atoms with E-state index in [9.17, 15) is 0 Å². The Morgan fingerprint density at radius 2 is 1.68 bits per heavy atom. The third-order valence-electron chi connectivity index (χ3n) is 6.17. The third-order valence-corrected chi connectivity index (χ3v) is 6.17. The van der Waals surface area contributed by atoms with E-state index in [1.54, 1.807) is 0 Å². The average molecular weight is 265 g/mol. The van der Waals surface area contributed by atoms with Gasteiger partial charge in [-0.3, -0.25) is 9.80 Å². The zero-order valence-electron chi connectivity index (χ0n) is 12.8. The van der Waals surface area contributed by atoms with Crippen LogP contribution in [-0.4, -0.2) is 54.1 Å². The standard InChI is InChI=1S/C16H31N3/c1-13-5-6-16(12-17,11-14(13)2)19-9-7-18(8-10-19)15-3-4-15/h13-15H,3-12,17H2,1-2H3. The summed E-state index contributed by atoms with van der Waals surface area (Å²) in [6.07, 6.45) is 6.88. The van der Waals surface area contributed by atoms with Gasteiger partial charge in [0.1, 0.15) is 0 Å². The molecule has 3 atom stereocenters. The first-order valence-electron chi connectivity index (χ1n) is 8.34. The molecule has 3 nitrogen and oxygen atoms in total. The van der Waals surface area contributed by atoms with Crippen molar-refractivity contribution in [1.82, 2.24) is 9.80 Å². The summed E-state index contributed by atoms with van der Waals surface area (Å²) in [5, 5.41) is 0. The third kappa shape index (κ3) is 2.70. The molecule has 2 aliphatic carbocycles. The number of nitrogens with two attached hydrogens (primary N) is 1. The highest BCUT2D eigenvalue weighted by molar-refractivity contribution is 5.00. The maximum Gasteiger partial charge on any atom is 0.0335 e. The Morgan fingerprint density at radius 3 is 2.21 bits per heavy atom. The van der Waals surface area contributed by atoms with E-state index in [0.29, 0.717) is 5.54 Å². The fraction of sp³-hybridized carbons (Fsp3) is 1.00. The fourth-order valence-electron chi connectivity index (χ4n) is 4.29. The molecule has 0 spiro atoms. The van der Waals surface area contributed by atoms with Crippen molar-refractivity contribution in [3.05, 3.63) is 0 Å². The molecule has 1 saturated heterocycles. The first-order chi connectivity index (χ1) is 9.14. The molecule has 110 valence electrons. The van der Waals surface area contributed by atoms with Crippen LogP contribution in [0.3, 0.4) is 0 Å². The largest absolute Gasteiger partial charge is 0.329 e. The fourth-order valence-corrected chi connectivity index (χ4v) is 4.29. The summed E-state index contributed by atoms with van der Waals surface area (Å²) in [4.78, 5) is 5.45. The maximum atomic E-state index is 6.23. The minimum atomic E-state index is 0.321. The summed E-state index contributed by atoms with van der Waals surface area (Å²) < 4.78 is 0. The van der Waals surface area contributed by atoms with Crippen LogP contribution in [-0.2, 0) is 0 Å². The van der Waals surface area contributed by atoms with E-state index in [1.165, 1.54) is 58.3 Å². The van der Waals surface area contributed by atoms with Crippen molar-refractivity contribution in [3.8, 4) is 0 Å². The molecule has 3 rings (SSSR count). The molecule has 3 aliphatic rings. The normalized spacial score (nSPS) is 42.5. The lowest BCUT2D eigenvalue weighted by Crippen LogP contribution is -2.62. The molecular formula is C16H31N3. The molecule has 0 amide bonds. The van der Waals surface area contributed by atoms with Crippen LogP contribution in [0.25, 0.3) is 0 Å². The highest BCUT2D eigenvalue weighted by Crippen LogP contribution is 2.40. The zero-order valence-corrected chi connectivity index (χ0v) is 12.8. The van der Waals surface area contributed by atoms with Gasteiger partial charge in [-0.1, -0.05) is 13.8 Å². The van der Waals surface area contributed by atoms with Gasteiger partial charge in [-0.2, -0.15) is 0 Å². The second kappa shape index (κ2) is 5.34. The molecular weight excluding hydrogens is 234 g/mol. The van der Waals surface area contributed by atoms with Crippen molar-refractivity contribution in [2.24, 2.45) is 17.6 Å². The minimum absolute atomic E-state index is 0.321. The van der Waals surface area contributed by atoms with Gasteiger partial charge in [0.25, 0.3) is 0 Å². The predicted molar refractivity (Wildman–Crippen MR) is 80.1 cm³/mol. The van der Waals surface area contributed by atoms with Crippen LogP contribution >= 0.6 is 0 Å². The molecule has 3 fully saturated rings. The van der Waals surface area contributed by atoms with Crippen molar-refractivity contribution in [2.45, 2.75) is 57.5 Å². The molecule has 0 aromatic rings. The Bertz CT molecular complexity index is 307. The summed E-state index contributed by atoms with van der Waals surface area (Å²) in [5.74, 6) is 1.71. The molecule has 1 aliphatic heterocycles. The average Bonchev–Trinajstić information content (AvgIpc) is 3.27. The molecule has 1 heterocycles. The Balaban J connectivity index is 1.62. The quantitative estimate of drug-likeness (QED) is 0.846. The second-order valence-electron chi connectivity index (χ2n) is 7.38. The summed E-state index contributed by atoms with van der Waals surface area (Å²) in [5.41, 5.74) is 6.55. The van der Waals surface area contributed by atoms with Gasteiger partial charge in [0.05, 0.1) is 0 Å². The number of hydrogen-bond donors (Lipinski definition) is 1. The van der Waals surface area contributed by atoms with Gasteiger partial charge in [-0.15, -0.1) is 0 Å². The van der Waals surface area contributed by atoms with E-state index in [2.05, 4.69) is 23.6 Å². The lowest BCUT2D eigenvalue weighted by atomic mass is 9.70. The summed E-state index contributed by atoms with van der Waals surface area (Å²) in [7, 11) is 0. The van der Waals surface area contributed by atoms with Gasteiger partial charge < -0.3 is 5.73 Å². The van der Waals surface area contributed by atoms with E-state index in [4.69, 9.17) is 5.73 Å². The van der Waals surface area contributed by atoms with Gasteiger partial charge in [0.2, 0.25) is 0 Å². The van der Waals surface area contributed by atoms with Crippen molar-refractivity contribution in [3.63, 3.8) is 0 Å². The summed E-state index contributed by atoms with van der Waals surface area (Å²) in [6.45, 7) is 10.7. The topological polar surface area (TPSA) is 32.5 Å². The van der Waals surface area contributed by atoms with Crippen LogP contribution in [0.2, 0.25) is 0 Å². The molecule has 0 bridgehead atoms. The Labute approximate surface area is 118 Å². The van der Waals surface area contributed by atoms with Crippen LogP contribution in [0.5, 0.6) is 0 Å². The SMILES string of the molecule is CC1CCC(CN)(N2CCN(C3CC3)CC2)CC1C. The Kier molecular flexibility index (Phi) is 3.89. The molecule has 3 heteroatoms. The van der Waals surface area contributed by atoms with E-state index >= 15 is 0 Å². The van der Waals surface area contributed by atoms with Gasteiger partial charge in [0.15, 0.2) is 0 Å². The smallest absolute Gasteiger partial charge is 0.0335 e. The number of hydrogen-bond acceptors (Lipinski definition) is 3. The molecule has 19 heavy (non-hydrogen) atoms. The molecule has 0 aromatic carbocycles. The zero-order chi connectivity index (χ0) is 13.5. The maximum absolute atomic E-state index is 6.23.